The lowest BCUT2D eigenvalue weighted by Crippen LogP contribution is -2.55. The summed E-state index contributed by atoms with van der Waals surface area (Å²) in [7, 11) is 0. The molecule has 0 unspecified atom stereocenters. The predicted octanol–water partition coefficient (Wildman–Crippen LogP) is 0.448. The van der Waals surface area contributed by atoms with Gasteiger partial charge in [0.15, 0.2) is 0 Å². The molecule has 0 bridgehead atoms. The van der Waals surface area contributed by atoms with Crippen LogP contribution in [0.1, 0.15) is 40.5 Å². The van der Waals surface area contributed by atoms with E-state index in [4.69, 9.17) is 11.5 Å². The maximum Gasteiger partial charge on any atom is 0.0166 e. The Labute approximate surface area is 131 Å². The molecular formula is C16H37N5. The lowest BCUT2D eigenvalue weighted by Gasteiger charge is -2.44. The third-order valence-corrected chi connectivity index (χ3v) is 4.54. The smallest absolute Gasteiger partial charge is 0.0166 e. The van der Waals surface area contributed by atoms with Crippen LogP contribution in [0.5, 0.6) is 0 Å². The highest BCUT2D eigenvalue weighted by Crippen LogP contribution is 2.20. The molecule has 5 heteroatoms. The zero-order chi connectivity index (χ0) is 15.9. The van der Waals surface area contributed by atoms with Crippen molar-refractivity contribution < 1.29 is 0 Å². The first-order chi connectivity index (χ1) is 9.74. The Balaban J connectivity index is 2.27. The fraction of sp³-hybridized carbons (Fsp3) is 1.00. The van der Waals surface area contributed by atoms with Crippen LogP contribution in [0.2, 0.25) is 0 Å². The number of nitrogens with one attached hydrogen (secondary N) is 1. The van der Waals surface area contributed by atoms with Crippen LogP contribution in [-0.2, 0) is 0 Å². The predicted molar refractivity (Wildman–Crippen MR) is 91.5 cm³/mol. The van der Waals surface area contributed by atoms with Crippen molar-refractivity contribution in [3.05, 3.63) is 0 Å². The van der Waals surface area contributed by atoms with E-state index in [0.29, 0.717) is 0 Å². The lowest BCUT2D eigenvalue weighted by atomic mass is 9.96. The van der Waals surface area contributed by atoms with E-state index >= 15 is 0 Å². The average Bonchev–Trinajstić information content (AvgIpc) is 2.41. The molecule has 0 atom stereocenters. The molecule has 0 radical (unpaired) electrons. The molecule has 0 saturated carbocycles. The minimum atomic E-state index is -0.0505. The zero-order valence-electron chi connectivity index (χ0n) is 14.6. The van der Waals surface area contributed by atoms with Crippen molar-refractivity contribution in [2.75, 3.05) is 52.4 Å². The van der Waals surface area contributed by atoms with Crippen molar-refractivity contribution in [2.24, 2.45) is 11.5 Å². The largest absolute Gasteiger partial charge is 0.329 e. The number of piperazine rings is 1. The van der Waals surface area contributed by atoms with Gasteiger partial charge in [-0.2, -0.15) is 0 Å². The van der Waals surface area contributed by atoms with Gasteiger partial charge in [0.25, 0.3) is 0 Å². The molecule has 0 spiro atoms. The van der Waals surface area contributed by atoms with Crippen LogP contribution in [-0.4, -0.2) is 73.2 Å². The summed E-state index contributed by atoms with van der Waals surface area (Å²) in [5.41, 5.74) is 11.8. The summed E-state index contributed by atoms with van der Waals surface area (Å²) in [6.45, 7) is 17.4. The van der Waals surface area contributed by atoms with Gasteiger partial charge in [0.05, 0.1) is 0 Å². The molecule has 126 valence electrons. The van der Waals surface area contributed by atoms with E-state index in [-0.39, 0.29) is 11.1 Å². The standard InChI is InChI=1S/C16H37N5/c1-15(2,18)6-10-20-11-13-21(14-12-20)16(3,4)5-8-19-9-7-17/h19H,5-14,17-18H2,1-4H3. The Hall–Kier alpha value is -0.200. The SMILES string of the molecule is CC(C)(N)CCN1CCN(C(C)(C)CCNCCN)CC1. The van der Waals surface area contributed by atoms with Gasteiger partial charge in [0, 0.05) is 50.3 Å². The normalized spacial score (nSPS) is 19.1. The molecule has 1 fully saturated rings. The number of hydrogen-bond acceptors (Lipinski definition) is 5. The van der Waals surface area contributed by atoms with Crippen molar-refractivity contribution in [3.63, 3.8) is 0 Å². The Morgan fingerprint density at radius 2 is 1.57 bits per heavy atom. The molecule has 0 amide bonds. The van der Waals surface area contributed by atoms with Gasteiger partial charge in [-0.3, -0.25) is 4.90 Å². The monoisotopic (exact) mass is 299 g/mol. The maximum absolute atomic E-state index is 6.08. The average molecular weight is 300 g/mol. The quantitative estimate of drug-likeness (QED) is 0.539. The first-order valence-corrected chi connectivity index (χ1v) is 8.42. The number of nitrogens with two attached hydrogens (primary N) is 2. The van der Waals surface area contributed by atoms with Crippen molar-refractivity contribution in [1.29, 1.82) is 0 Å². The van der Waals surface area contributed by atoms with Crippen LogP contribution in [0, 0.1) is 0 Å². The summed E-state index contributed by atoms with van der Waals surface area (Å²) in [6.07, 6.45) is 2.24. The molecule has 0 aromatic heterocycles. The van der Waals surface area contributed by atoms with E-state index in [1.54, 1.807) is 0 Å². The van der Waals surface area contributed by atoms with Crippen LogP contribution in [0.25, 0.3) is 0 Å². The van der Waals surface area contributed by atoms with Crippen LogP contribution in [0.15, 0.2) is 0 Å². The minimum absolute atomic E-state index is 0.0505. The van der Waals surface area contributed by atoms with Crippen LogP contribution in [0.3, 0.4) is 0 Å². The van der Waals surface area contributed by atoms with Crippen LogP contribution in [0.4, 0.5) is 0 Å². The van der Waals surface area contributed by atoms with Crippen LogP contribution < -0.4 is 16.8 Å². The highest BCUT2D eigenvalue weighted by Gasteiger charge is 2.29. The van der Waals surface area contributed by atoms with Gasteiger partial charge >= 0.3 is 0 Å². The fourth-order valence-electron chi connectivity index (χ4n) is 2.80. The molecule has 1 heterocycles. The van der Waals surface area contributed by atoms with E-state index in [9.17, 15) is 0 Å². The molecule has 0 aliphatic carbocycles. The summed E-state index contributed by atoms with van der Waals surface area (Å²) < 4.78 is 0. The molecule has 0 aromatic carbocycles. The van der Waals surface area contributed by atoms with Gasteiger partial charge < -0.3 is 21.7 Å². The maximum atomic E-state index is 6.08. The van der Waals surface area contributed by atoms with Gasteiger partial charge in [-0.05, 0) is 53.6 Å². The topological polar surface area (TPSA) is 70.5 Å². The van der Waals surface area contributed by atoms with Crippen LogP contribution >= 0.6 is 0 Å². The van der Waals surface area contributed by atoms with E-state index in [2.05, 4.69) is 42.8 Å². The molecule has 5 N–H and O–H groups in total. The van der Waals surface area contributed by atoms with E-state index in [0.717, 1.165) is 58.8 Å². The summed E-state index contributed by atoms with van der Waals surface area (Å²) in [5, 5.41) is 3.40. The molecule has 1 aliphatic rings. The summed E-state index contributed by atoms with van der Waals surface area (Å²) >= 11 is 0. The highest BCUT2D eigenvalue weighted by molar-refractivity contribution is 4.87. The summed E-state index contributed by atoms with van der Waals surface area (Å²) in [4.78, 5) is 5.18. The van der Waals surface area contributed by atoms with Gasteiger partial charge in [-0.1, -0.05) is 0 Å². The minimum Gasteiger partial charge on any atom is -0.329 e. The fourth-order valence-corrected chi connectivity index (χ4v) is 2.80. The molecular weight excluding hydrogens is 262 g/mol. The molecule has 1 saturated heterocycles. The van der Waals surface area contributed by atoms with Crippen molar-refractivity contribution in [3.8, 4) is 0 Å². The third kappa shape index (κ3) is 7.56. The van der Waals surface area contributed by atoms with Gasteiger partial charge in [-0.15, -0.1) is 0 Å². The van der Waals surface area contributed by atoms with E-state index in [1.165, 1.54) is 6.42 Å². The highest BCUT2D eigenvalue weighted by atomic mass is 15.3. The van der Waals surface area contributed by atoms with Crippen molar-refractivity contribution in [1.82, 2.24) is 15.1 Å². The Bertz CT molecular complexity index is 277. The van der Waals surface area contributed by atoms with Crippen molar-refractivity contribution in [2.45, 2.75) is 51.6 Å². The summed E-state index contributed by atoms with van der Waals surface area (Å²) in [5.74, 6) is 0. The van der Waals surface area contributed by atoms with Gasteiger partial charge in [-0.25, -0.2) is 0 Å². The summed E-state index contributed by atoms with van der Waals surface area (Å²) in [6, 6.07) is 0. The number of nitrogens with zero attached hydrogens (tertiary/aromatic N) is 2. The Morgan fingerprint density at radius 3 is 2.10 bits per heavy atom. The first kappa shape index (κ1) is 18.8. The second kappa shape index (κ2) is 8.44. The van der Waals surface area contributed by atoms with E-state index in [1.807, 2.05) is 0 Å². The Kier molecular flexibility index (Phi) is 7.57. The molecule has 21 heavy (non-hydrogen) atoms. The molecule has 5 nitrogen and oxygen atoms in total. The van der Waals surface area contributed by atoms with Gasteiger partial charge in [0.2, 0.25) is 0 Å². The molecule has 1 aliphatic heterocycles. The number of hydrogen-bond donors (Lipinski definition) is 3. The third-order valence-electron chi connectivity index (χ3n) is 4.54. The Morgan fingerprint density at radius 1 is 0.952 bits per heavy atom. The first-order valence-electron chi connectivity index (χ1n) is 8.42. The second-order valence-corrected chi connectivity index (χ2v) is 7.67. The van der Waals surface area contributed by atoms with E-state index < -0.39 is 0 Å². The van der Waals surface area contributed by atoms with Crippen molar-refractivity contribution >= 4 is 0 Å². The molecule has 0 aromatic rings. The van der Waals surface area contributed by atoms with Gasteiger partial charge in [0.1, 0.15) is 0 Å². The number of rotatable bonds is 9. The molecule has 1 rings (SSSR count). The zero-order valence-corrected chi connectivity index (χ0v) is 14.6. The lowest BCUT2D eigenvalue weighted by molar-refractivity contribution is 0.0453. The second-order valence-electron chi connectivity index (χ2n) is 7.67.